The number of aromatic nitrogens is 1. The van der Waals surface area contributed by atoms with Crippen molar-refractivity contribution in [3.05, 3.63) is 24.5 Å². The van der Waals surface area contributed by atoms with Gasteiger partial charge in [0, 0.05) is 6.20 Å². The van der Waals surface area contributed by atoms with E-state index in [1.54, 1.807) is 18.3 Å². The summed E-state index contributed by atoms with van der Waals surface area (Å²) in [6.07, 6.45) is 3.04. The summed E-state index contributed by atoms with van der Waals surface area (Å²) < 4.78 is 33.9. The van der Waals surface area contributed by atoms with E-state index in [9.17, 15) is 8.42 Å². The third-order valence-electron chi connectivity index (χ3n) is 1.24. The molecule has 0 aliphatic rings. The minimum Gasteiger partial charge on any atom is -0.491 e. The van der Waals surface area contributed by atoms with E-state index < -0.39 is 15.9 Å². The van der Waals surface area contributed by atoms with Crippen LogP contribution in [0, 0.1) is 0 Å². The summed E-state index contributed by atoms with van der Waals surface area (Å²) in [6, 6.07) is 3.32. The number of rotatable bonds is 4. The molecular weight excluding hydrogens is 206 g/mol. The Balaban J connectivity index is 0.00000169. The highest BCUT2D eigenvalue weighted by Gasteiger charge is 2.03. The molecule has 0 radical (unpaired) electrons. The Bertz CT molecular complexity index is 349. The van der Waals surface area contributed by atoms with Crippen LogP contribution in [0.4, 0.5) is 0 Å². The molecule has 1 heterocycles. The standard InChI is InChI=1S/C7H9NO4S.CH4/c9-13(10,11)5-4-12-7-2-1-3-8-6-7;/h1-3,6H,4-5H2,(H,9,10,11);1H4. The first-order chi connectivity index (χ1) is 6.08. The fourth-order valence-electron chi connectivity index (χ4n) is 0.697. The highest BCUT2D eigenvalue weighted by Crippen LogP contribution is 2.05. The lowest BCUT2D eigenvalue weighted by atomic mass is 10.5. The number of hydrogen-bond donors (Lipinski definition) is 1. The predicted molar refractivity (Wildman–Crippen MR) is 52.9 cm³/mol. The third-order valence-corrected chi connectivity index (χ3v) is 1.93. The quantitative estimate of drug-likeness (QED) is 0.764. The van der Waals surface area contributed by atoms with Crippen LogP contribution in [0.25, 0.3) is 0 Å². The van der Waals surface area contributed by atoms with Gasteiger partial charge in [-0.05, 0) is 12.1 Å². The van der Waals surface area contributed by atoms with Crippen molar-refractivity contribution in [2.24, 2.45) is 0 Å². The first-order valence-corrected chi connectivity index (χ1v) is 5.17. The van der Waals surface area contributed by atoms with E-state index in [1.165, 1.54) is 6.20 Å². The molecule has 14 heavy (non-hydrogen) atoms. The Hall–Kier alpha value is -1.14. The van der Waals surface area contributed by atoms with Crippen LogP contribution in [0.5, 0.6) is 5.75 Å². The van der Waals surface area contributed by atoms with Gasteiger partial charge in [-0.2, -0.15) is 8.42 Å². The Morgan fingerprint density at radius 2 is 2.21 bits per heavy atom. The largest absolute Gasteiger partial charge is 0.491 e. The van der Waals surface area contributed by atoms with Gasteiger partial charge < -0.3 is 4.74 Å². The van der Waals surface area contributed by atoms with Gasteiger partial charge in [0.2, 0.25) is 0 Å². The highest BCUT2D eigenvalue weighted by atomic mass is 32.2. The average molecular weight is 219 g/mol. The van der Waals surface area contributed by atoms with Crippen molar-refractivity contribution < 1.29 is 17.7 Å². The van der Waals surface area contributed by atoms with E-state index in [-0.39, 0.29) is 14.0 Å². The van der Waals surface area contributed by atoms with Gasteiger partial charge in [-0.15, -0.1) is 0 Å². The number of hydrogen-bond acceptors (Lipinski definition) is 4. The molecule has 0 aliphatic heterocycles. The molecule has 5 nitrogen and oxygen atoms in total. The van der Waals surface area contributed by atoms with E-state index in [0.29, 0.717) is 5.75 Å². The zero-order chi connectivity index (χ0) is 9.73. The maximum absolute atomic E-state index is 10.3. The Morgan fingerprint density at radius 1 is 1.50 bits per heavy atom. The van der Waals surface area contributed by atoms with E-state index >= 15 is 0 Å². The number of nitrogens with zero attached hydrogens (tertiary/aromatic N) is 1. The van der Waals surface area contributed by atoms with Gasteiger partial charge >= 0.3 is 0 Å². The normalized spacial score (nSPS) is 10.4. The molecule has 80 valence electrons. The van der Waals surface area contributed by atoms with Gasteiger partial charge in [0.1, 0.15) is 18.1 Å². The van der Waals surface area contributed by atoms with Crippen molar-refractivity contribution in [2.45, 2.75) is 7.43 Å². The summed E-state index contributed by atoms with van der Waals surface area (Å²) in [7, 11) is -3.94. The molecule has 1 rings (SSSR count). The molecule has 0 unspecified atom stereocenters. The lowest BCUT2D eigenvalue weighted by Gasteiger charge is -2.02. The molecule has 0 amide bonds. The van der Waals surface area contributed by atoms with Crippen LogP contribution in [-0.2, 0) is 10.1 Å². The number of ether oxygens (including phenoxy) is 1. The summed E-state index contributed by atoms with van der Waals surface area (Å²) in [5, 5.41) is 0. The minimum absolute atomic E-state index is 0. The maximum atomic E-state index is 10.3. The van der Waals surface area contributed by atoms with Gasteiger partial charge in [-0.25, -0.2) is 0 Å². The predicted octanol–water partition coefficient (Wildman–Crippen LogP) is 0.984. The molecule has 6 heteroatoms. The van der Waals surface area contributed by atoms with Crippen LogP contribution in [0.2, 0.25) is 0 Å². The zero-order valence-electron chi connectivity index (χ0n) is 6.75. The van der Waals surface area contributed by atoms with Crippen molar-refractivity contribution in [2.75, 3.05) is 12.4 Å². The molecule has 0 atom stereocenters. The number of pyridine rings is 1. The van der Waals surface area contributed by atoms with Gasteiger partial charge in [-0.1, -0.05) is 7.43 Å². The van der Waals surface area contributed by atoms with Gasteiger partial charge in [0.15, 0.2) is 0 Å². The van der Waals surface area contributed by atoms with Crippen molar-refractivity contribution >= 4 is 10.1 Å². The second-order valence-corrected chi connectivity index (χ2v) is 3.90. The Labute approximate surface area is 83.5 Å². The van der Waals surface area contributed by atoms with Crippen molar-refractivity contribution in [1.82, 2.24) is 4.98 Å². The fourth-order valence-corrected chi connectivity index (χ4v) is 0.991. The van der Waals surface area contributed by atoms with Crippen molar-refractivity contribution in [1.29, 1.82) is 0 Å². The lowest BCUT2D eigenvalue weighted by Crippen LogP contribution is -2.12. The lowest BCUT2D eigenvalue weighted by molar-refractivity contribution is 0.334. The van der Waals surface area contributed by atoms with E-state index in [4.69, 9.17) is 9.29 Å². The van der Waals surface area contributed by atoms with E-state index in [0.717, 1.165) is 0 Å². The second-order valence-electron chi connectivity index (χ2n) is 2.32. The van der Waals surface area contributed by atoms with Crippen LogP contribution >= 0.6 is 0 Å². The Kier molecular flexibility index (Phi) is 5.11. The summed E-state index contributed by atoms with van der Waals surface area (Å²) in [5.74, 6) is 0.0631. The molecule has 1 N–H and O–H groups in total. The minimum atomic E-state index is -3.94. The van der Waals surface area contributed by atoms with E-state index in [2.05, 4.69) is 4.98 Å². The summed E-state index contributed by atoms with van der Waals surface area (Å²) in [5.41, 5.74) is 0. The van der Waals surface area contributed by atoms with E-state index in [1.807, 2.05) is 0 Å². The molecule has 0 saturated carbocycles. The summed E-state index contributed by atoms with van der Waals surface area (Å²) in [6.45, 7) is -0.0788. The van der Waals surface area contributed by atoms with Crippen LogP contribution in [-0.4, -0.2) is 30.3 Å². The second kappa shape index (κ2) is 5.56. The van der Waals surface area contributed by atoms with Gasteiger partial charge in [0.05, 0.1) is 6.20 Å². The summed E-state index contributed by atoms with van der Waals surface area (Å²) >= 11 is 0. The van der Waals surface area contributed by atoms with Gasteiger partial charge in [-0.3, -0.25) is 9.54 Å². The Morgan fingerprint density at radius 3 is 2.71 bits per heavy atom. The molecular formula is C8H13NO4S. The molecule has 0 bridgehead atoms. The molecule has 0 spiro atoms. The summed E-state index contributed by atoms with van der Waals surface area (Å²) in [4.78, 5) is 3.76. The average Bonchev–Trinajstić information content (AvgIpc) is 2.04. The zero-order valence-corrected chi connectivity index (χ0v) is 7.57. The maximum Gasteiger partial charge on any atom is 0.268 e. The third kappa shape index (κ3) is 5.50. The smallest absolute Gasteiger partial charge is 0.268 e. The monoisotopic (exact) mass is 219 g/mol. The van der Waals surface area contributed by atoms with Crippen molar-refractivity contribution in [3.8, 4) is 5.75 Å². The van der Waals surface area contributed by atoms with Crippen LogP contribution in [0.15, 0.2) is 24.5 Å². The van der Waals surface area contributed by atoms with Gasteiger partial charge in [0.25, 0.3) is 10.1 Å². The molecule has 0 aliphatic carbocycles. The molecule has 1 aromatic heterocycles. The van der Waals surface area contributed by atoms with Crippen molar-refractivity contribution in [3.63, 3.8) is 0 Å². The first kappa shape index (κ1) is 12.9. The molecule has 0 saturated heterocycles. The van der Waals surface area contributed by atoms with Crippen LogP contribution in [0.3, 0.4) is 0 Å². The SMILES string of the molecule is C.O=S(=O)(O)CCOc1cccnc1. The molecule has 0 aromatic carbocycles. The fraction of sp³-hybridized carbons (Fsp3) is 0.375. The van der Waals surface area contributed by atoms with Crippen LogP contribution < -0.4 is 4.74 Å². The van der Waals surface area contributed by atoms with Crippen LogP contribution in [0.1, 0.15) is 7.43 Å². The molecule has 1 aromatic rings. The topological polar surface area (TPSA) is 76.5 Å². The highest BCUT2D eigenvalue weighted by molar-refractivity contribution is 7.85. The molecule has 0 fully saturated rings. The first-order valence-electron chi connectivity index (χ1n) is 3.56.